The molecule has 2 atom stereocenters. The molecule has 4 aromatic rings. The van der Waals surface area contributed by atoms with Gasteiger partial charge in [-0.2, -0.15) is 0 Å². The van der Waals surface area contributed by atoms with Crippen LogP contribution in [0.4, 0.5) is 17.1 Å². The summed E-state index contributed by atoms with van der Waals surface area (Å²) in [6, 6.07) is 18.6. The molecule has 0 radical (unpaired) electrons. The Kier molecular flexibility index (Phi) is 6.35. The lowest BCUT2D eigenvalue weighted by molar-refractivity contribution is -0.123. The van der Waals surface area contributed by atoms with Crippen LogP contribution in [0.5, 0.6) is 11.5 Å². The van der Waals surface area contributed by atoms with E-state index in [9.17, 15) is 9.90 Å². The van der Waals surface area contributed by atoms with Gasteiger partial charge in [-0.25, -0.2) is 4.98 Å². The minimum absolute atomic E-state index is 0.0285. The van der Waals surface area contributed by atoms with Crippen molar-refractivity contribution in [2.24, 2.45) is 10.2 Å². The van der Waals surface area contributed by atoms with Crippen molar-refractivity contribution in [2.75, 3.05) is 12.0 Å². The van der Waals surface area contributed by atoms with E-state index in [-0.39, 0.29) is 16.8 Å². The molecule has 7 nitrogen and oxygen atoms in total. The molecule has 5 rings (SSSR count). The van der Waals surface area contributed by atoms with Gasteiger partial charge in [-0.15, -0.1) is 21.8 Å². The maximum absolute atomic E-state index is 12.9. The van der Waals surface area contributed by atoms with Crippen LogP contribution in [0, 0.1) is 0 Å². The predicted molar refractivity (Wildman–Crippen MR) is 140 cm³/mol. The van der Waals surface area contributed by atoms with E-state index >= 15 is 0 Å². The topological polar surface area (TPSA) is 87.4 Å². The highest BCUT2D eigenvalue weighted by molar-refractivity contribution is 9.10. The summed E-state index contributed by atoms with van der Waals surface area (Å²) in [6.45, 7) is 0. The first kappa shape index (κ1) is 23.5. The first-order chi connectivity index (χ1) is 16.9. The number of hydrogen-bond acceptors (Lipinski definition) is 6. The Morgan fingerprint density at radius 3 is 2.60 bits per heavy atom. The number of alkyl halides is 1. The van der Waals surface area contributed by atoms with Crippen molar-refractivity contribution in [3.63, 3.8) is 0 Å². The minimum atomic E-state index is -0.861. The zero-order valence-corrected chi connectivity index (χ0v) is 21.3. The number of aromatic hydroxyl groups is 1. The number of phenolic OH excluding ortho intramolecular Hbond substituents is 1. The van der Waals surface area contributed by atoms with Gasteiger partial charge < -0.3 is 9.84 Å². The Morgan fingerprint density at radius 1 is 1.06 bits per heavy atom. The second-order valence-electron chi connectivity index (χ2n) is 7.81. The lowest BCUT2D eigenvalue weighted by atomic mass is 9.92. The molecule has 0 spiro atoms. The molecular formula is C25H17BrCl2N4O3. The molecule has 0 saturated carbocycles. The summed E-state index contributed by atoms with van der Waals surface area (Å²) in [6.07, 6.45) is 0. The van der Waals surface area contributed by atoms with Crippen LogP contribution in [0.1, 0.15) is 11.6 Å². The highest BCUT2D eigenvalue weighted by Crippen LogP contribution is 2.48. The summed E-state index contributed by atoms with van der Waals surface area (Å²) in [5.41, 5.74) is 2.60. The molecule has 2 unspecified atom stereocenters. The van der Waals surface area contributed by atoms with Gasteiger partial charge in [0, 0.05) is 27.6 Å². The molecule has 1 fully saturated rings. The molecule has 1 saturated heterocycles. The van der Waals surface area contributed by atoms with Gasteiger partial charge in [-0.3, -0.25) is 9.69 Å². The third-order valence-electron chi connectivity index (χ3n) is 5.69. The second kappa shape index (κ2) is 9.45. The van der Waals surface area contributed by atoms with Crippen LogP contribution in [-0.4, -0.2) is 28.5 Å². The molecule has 2 heterocycles. The highest BCUT2D eigenvalue weighted by Gasteiger charge is 2.50. The molecule has 1 aliphatic heterocycles. The summed E-state index contributed by atoms with van der Waals surface area (Å²) >= 11 is 16.5. The van der Waals surface area contributed by atoms with Gasteiger partial charge in [0.25, 0.3) is 0 Å². The molecule has 1 aliphatic rings. The van der Waals surface area contributed by atoms with Gasteiger partial charge >= 0.3 is 0 Å². The third kappa shape index (κ3) is 4.33. The van der Waals surface area contributed by atoms with Crippen molar-refractivity contribution < 1.29 is 14.6 Å². The number of anilines is 1. The number of carbonyl (C=O) groups excluding carboxylic acids is 1. The van der Waals surface area contributed by atoms with Crippen LogP contribution in [0.2, 0.25) is 5.15 Å². The Labute approximate surface area is 219 Å². The number of carbonyl (C=O) groups is 1. The summed E-state index contributed by atoms with van der Waals surface area (Å²) in [4.78, 5) is 18.9. The fourth-order valence-electron chi connectivity index (χ4n) is 3.92. The monoisotopic (exact) mass is 570 g/mol. The summed E-state index contributed by atoms with van der Waals surface area (Å²) in [5, 5.41) is 19.0. The number of halogens is 3. The molecule has 35 heavy (non-hydrogen) atoms. The molecule has 3 aromatic carbocycles. The third-order valence-corrected chi connectivity index (χ3v) is 7.09. The lowest BCUT2D eigenvalue weighted by Gasteiger charge is -2.44. The molecular weight excluding hydrogens is 555 g/mol. The van der Waals surface area contributed by atoms with Crippen molar-refractivity contribution in [1.82, 2.24) is 4.98 Å². The van der Waals surface area contributed by atoms with Crippen molar-refractivity contribution in [3.8, 4) is 11.5 Å². The standard InChI is InChI=1S/C25H17BrCl2N4O3/c1-35-15-8-6-13-10-16(24(28)29-20(13)12-15)23-22(27)25(34)32(23)21-11-14(33)7-9-19(21)31-30-18-5-3-2-4-17(18)26/h2-12,22-23,33H,1H3. The number of amides is 1. The number of nitrogens with zero attached hydrogens (tertiary/aromatic N) is 4. The van der Waals surface area contributed by atoms with E-state index in [0.29, 0.717) is 33.9 Å². The largest absolute Gasteiger partial charge is 0.508 e. The Hall–Kier alpha value is -3.20. The number of azo groups is 1. The van der Waals surface area contributed by atoms with Crippen LogP contribution >= 0.6 is 39.1 Å². The smallest absolute Gasteiger partial charge is 0.248 e. The number of aromatic nitrogens is 1. The number of rotatable bonds is 5. The van der Waals surface area contributed by atoms with Crippen molar-refractivity contribution >= 4 is 73.0 Å². The van der Waals surface area contributed by atoms with E-state index in [1.807, 2.05) is 36.4 Å². The van der Waals surface area contributed by atoms with E-state index in [0.717, 1.165) is 9.86 Å². The fourth-order valence-corrected chi connectivity index (χ4v) is 4.90. The zero-order chi connectivity index (χ0) is 24.7. The number of fused-ring (bicyclic) bond motifs is 1. The van der Waals surface area contributed by atoms with E-state index in [2.05, 4.69) is 31.1 Å². The van der Waals surface area contributed by atoms with E-state index in [4.69, 9.17) is 27.9 Å². The maximum atomic E-state index is 12.9. The van der Waals surface area contributed by atoms with Crippen LogP contribution in [0.25, 0.3) is 10.9 Å². The molecule has 0 aliphatic carbocycles. The number of phenols is 1. The van der Waals surface area contributed by atoms with E-state index in [1.54, 1.807) is 25.3 Å². The molecule has 176 valence electrons. The quantitative estimate of drug-likeness (QED) is 0.116. The Bertz CT molecular complexity index is 1500. The maximum Gasteiger partial charge on any atom is 0.248 e. The van der Waals surface area contributed by atoms with E-state index < -0.39 is 11.4 Å². The van der Waals surface area contributed by atoms with Crippen LogP contribution in [-0.2, 0) is 4.79 Å². The van der Waals surface area contributed by atoms with E-state index in [1.165, 1.54) is 17.0 Å². The highest BCUT2D eigenvalue weighted by atomic mass is 79.9. The summed E-state index contributed by atoms with van der Waals surface area (Å²) in [7, 11) is 1.58. The first-order valence-corrected chi connectivity index (χ1v) is 12.1. The number of methoxy groups -OCH3 is 1. The Balaban J connectivity index is 1.57. The summed E-state index contributed by atoms with van der Waals surface area (Å²) in [5.74, 6) is 0.286. The normalized spacial score (nSPS) is 17.7. The van der Waals surface area contributed by atoms with Crippen molar-refractivity contribution in [1.29, 1.82) is 0 Å². The number of ether oxygens (including phenoxy) is 1. The number of benzene rings is 3. The Morgan fingerprint density at radius 2 is 1.83 bits per heavy atom. The van der Waals surface area contributed by atoms with Crippen molar-refractivity contribution in [3.05, 3.63) is 81.9 Å². The SMILES string of the molecule is COc1ccc2cc(C3C(Cl)C(=O)N3c3cc(O)ccc3N=Nc3ccccc3Br)c(Cl)nc2c1. The van der Waals surface area contributed by atoms with Gasteiger partial charge in [-0.05, 0) is 58.4 Å². The van der Waals surface area contributed by atoms with Crippen LogP contribution in [0.3, 0.4) is 0 Å². The zero-order valence-electron chi connectivity index (χ0n) is 18.2. The average molecular weight is 572 g/mol. The van der Waals surface area contributed by atoms with Crippen LogP contribution in [0.15, 0.2) is 81.4 Å². The second-order valence-corrected chi connectivity index (χ2v) is 9.49. The number of β-lactam (4-membered cyclic amide) rings is 1. The minimum Gasteiger partial charge on any atom is -0.508 e. The molecule has 0 bridgehead atoms. The molecule has 1 amide bonds. The molecule has 10 heteroatoms. The number of pyridine rings is 1. The van der Waals surface area contributed by atoms with Gasteiger partial charge in [-0.1, -0.05) is 23.7 Å². The van der Waals surface area contributed by atoms with Gasteiger partial charge in [0.05, 0.1) is 30.0 Å². The fraction of sp³-hybridized carbons (Fsp3) is 0.120. The summed E-state index contributed by atoms with van der Waals surface area (Å²) < 4.78 is 6.03. The molecule has 1 aromatic heterocycles. The average Bonchev–Trinajstić information content (AvgIpc) is 2.86. The lowest BCUT2D eigenvalue weighted by Crippen LogP contribution is -2.56. The van der Waals surface area contributed by atoms with Crippen molar-refractivity contribution in [2.45, 2.75) is 11.4 Å². The molecule has 1 N–H and O–H groups in total. The predicted octanol–water partition coefficient (Wildman–Crippen LogP) is 7.48. The van der Waals surface area contributed by atoms with Gasteiger partial charge in [0.1, 0.15) is 27.7 Å². The van der Waals surface area contributed by atoms with Crippen LogP contribution < -0.4 is 9.64 Å². The van der Waals surface area contributed by atoms with Gasteiger partial charge in [0.15, 0.2) is 0 Å². The number of hydrogen-bond donors (Lipinski definition) is 1. The van der Waals surface area contributed by atoms with Gasteiger partial charge in [0.2, 0.25) is 5.91 Å². The first-order valence-electron chi connectivity index (χ1n) is 10.5.